The number of amides is 1. The molecule has 0 aliphatic rings. The number of unbranched alkanes of at least 4 members (excludes halogenated alkanes) is 2. The molecule has 0 radical (unpaired) electrons. The summed E-state index contributed by atoms with van der Waals surface area (Å²) in [7, 11) is 0. The van der Waals surface area contributed by atoms with E-state index in [1.807, 2.05) is 13.8 Å². The molecule has 0 bridgehead atoms. The number of benzene rings is 1. The van der Waals surface area contributed by atoms with Gasteiger partial charge in [0.2, 0.25) is 0 Å². The van der Waals surface area contributed by atoms with Crippen molar-refractivity contribution in [3.05, 3.63) is 62.5 Å². The molecule has 5 heteroatoms. The van der Waals surface area contributed by atoms with Crippen LogP contribution in [0.4, 0.5) is 5.69 Å². The predicted octanol–water partition coefficient (Wildman–Crippen LogP) is 4.82. The number of aryl methyl sites for hydroxylation is 1. The molecule has 1 heterocycles. The highest BCUT2D eigenvalue weighted by atomic mass is 35.5. The van der Waals surface area contributed by atoms with Gasteiger partial charge in [0, 0.05) is 24.0 Å². The van der Waals surface area contributed by atoms with Crippen molar-refractivity contribution in [1.29, 1.82) is 0 Å². The van der Waals surface area contributed by atoms with Crippen LogP contribution < -0.4 is 10.7 Å². The molecule has 4 nitrogen and oxygen atoms in total. The van der Waals surface area contributed by atoms with E-state index in [-0.39, 0.29) is 11.0 Å². The normalized spacial score (nSPS) is 10.7. The Morgan fingerprint density at radius 1 is 1.20 bits per heavy atom. The zero-order valence-electron chi connectivity index (χ0n) is 15.1. The Morgan fingerprint density at radius 2 is 1.92 bits per heavy atom. The summed E-state index contributed by atoms with van der Waals surface area (Å²) in [4.78, 5) is 25.3. The molecule has 0 spiro atoms. The zero-order chi connectivity index (χ0) is 18.4. The number of anilines is 1. The Balaban J connectivity index is 2.42. The summed E-state index contributed by atoms with van der Waals surface area (Å²) < 4.78 is 2.10. The molecule has 0 atom stereocenters. The monoisotopic (exact) mass is 360 g/mol. The lowest BCUT2D eigenvalue weighted by atomic mass is 10.1. The van der Waals surface area contributed by atoms with Crippen LogP contribution in [0, 0.1) is 6.92 Å². The first-order valence-corrected chi connectivity index (χ1v) is 9.16. The van der Waals surface area contributed by atoms with E-state index in [9.17, 15) is 9.59 Å². The quantitative estimate of drug-likeness (QED) is 0.720. The van der Waals surface area contributed by atoms with Crippen LogP contribution in [-0.4, -0.2) is 10.5 Å². The molecule has 2 aromatic rings. The standard InChI is InChI=1S/C20H25ClN2O2/c1-4-6-9-12-23-14(3)13-18(24)19(17(23)5-2)20(25)22-16-11-8-7-10-15(16)21/h7-8,10-11,13H,4-6,9,12H2,1-3H3,(H,22,25). The minimum absolute atomic E-state index is 0.213. The minimum atomic E-state index is -0.404. The number of carbonyl (C=O) groups is 1. The smallest absolute Gasteiger partial charge is 0.261 e. The van der Waals surface area contributed by atoms with Crippen molar-refractivity contribution in [2.45, 2.75) is 53.0 Å². The highest BCUT2D eigenvalue weighted by Gasteiger charge is 2.19. The van der Waals surface area contributed by atoms with Crippen molar-refractivity contribution < 1.29 is 4.79 Å². The summed E-state index contributed by atoms with van der Waals surface area (Å²) in [5.74, 6) is -0.404. The van der Waals surface area contributed by atoms with Crippen molar-refractivity contribution >= 4 is 23.2 Å². The van der Waals surface area contributed by atoms with Crippen LogP contribution in [0.15, 0.2) is 35.1 Å². The number of halogens is 1. The van der Waals surface area contributed by atoms with E-state index >= 15 is 0 Å². The van der Waals surface area contributed by atoms with Gasteiger partial charge in [0.1, 0.15) is 5.56 Å². The van der Waals surface area contributed by atoms with Gasteiger partial charge in [0.25, 0.3) is 5.91 Å². The average Bonchev–Trinajstić information content (AvgIpc) is 2.58. The van der Waals surface area contributed by atoms with E-state index in [4.69, 9.17) is 11.6 Å². The second-order valence-corrected chi connectivity index (χ2v) is 6.53. The van der Waals surface area contributed by atoms with Crippen LogP contribution in [0.2, 0.25) is 5.02 Å². The molecule has 1 aromatic carbocycles. The van der Waals surface area contributed by atoms with Crippen molar-refractivity contribution in [2.24, 2.45) is 0 Å². The summed E-state index contributed by atoms with van der Waals surface area (Å²) in [5, 5.41) is 3.22. The largest absolute Gasteiger partial charge is 0.348 e. The van der Waals surface area contributed by atoms with E-state index in [1.165, 1.54) is 0 Å². The van der Waals surface area contributed by atoms with Crippen LogP contribution in [0.5, 0.6) is 0 Å². The molecule has 0 saturated heterocycles. The molecule has 0 fully saturated rings. The van der Waals surface area contributed by atoms with E-state index < -0.39 is 5.91 Å². The van der Waals surface area contributed by atoms with Crippen LogP contribution in [0.1, 0.15) is 54.9 Å². The summed E-state index contributed by atoms with van der Waals surface area (Å²) in [6.07, 6.45) is 3.89. The second kappa shape index (κ2) is 8.86. The minimum Gasteiger partial charge on any atom is -0.348 e. The maximum atomic E-state index is 12.8. The SMILES string of the molecule is CCCCCn1c(C)cc(=O)c(C(=O)Nc2ccccc2Cl)c1CC. The average molecular weight is 361 g/mol. The lowest BCUT2D eigenvalue weighted by molar-refractivity contribution is 0.102. The number of aromatic nitrogens is 1. The van der Waals surface area contributed by atoms with Crippen molar-refractivity contribution in [3.63, 3.8) is 0 Å². The summed E-state index contributed by atoms with van der Waals surface area (Å²) >= 11 is 6.11. The maximum Gasteiger partial charge on any atom is 0.261 e. The molecular formula is C20H25ClN2O2. The van der Waals surface area contributed by atoms with Gasteiger partial charge in [-0.2, -0.15) is 0 Å². The molecule has 0 unspecified atom stereocenters. The van der Waals surface area contributed by atoms with E-state index in [0.717, 1.165) is 37.2 Å². The number of carbonyl (C=O) groups excluding carboxylic acids is 1. The molecule has 1 amide bonds. The van der Waals surface area contributed by atoms with E-state index in [0.29, 0.717) is 17.1 Å². The lowest BCUT2D eigenvalue weighted by Gasteiger charge is -2.19. The highest BCUT2D eigenvalue weighted by molar-refractivity contribution is 6.33. The third kappa shape index (κ3) is 4.51. The van der Waals surface area contributed by atoms with Gasteiger partial charge in [0.15, 0.2) is 5.43 Å². The van der Waals surface area contributed by atoms with Gasteiger partial charge in [-0.25, -0.2) is 0 Å². The highest BCUT2D eigenvalue weighted by Crippen LogP contribution is 2.21. The van der Waals surface area contributed by atoms with Crippen LogP contribution in [0.3, 0.4) is 0 Å². The number of pyridine rings is 1. The van der Waals surface area contributed by atoms with Gasteiger partial charge in [-0.05, 0) is 31.9 Å². The fourth-order valence-electron chi connectivity index (χ4n) is 3.02. The third-order valence-corrected chi connectivity index (χ3v) is 4.63. The second-order valence-electron chi connectivity index (χ2n) is 6.12. The lowest BCUT2D eigenvalue weighted by Crippen LogP contribution is -2.28. The molecule has 0 saturated carbocycles. The van der Waals surface area contributed by atoms with Crippen molar-refractivity contribution in [2.75, 3.05) is 5.32 Å². The zero-order valence-corrected chi connectivity index (χ0v) is 15.8. The number of nitrogens with zero attached hydrogens (tertiary/aromatic N) is 1. The fourth-order valence-corrected chi connectivity index (χ4v) is 3.20. The Bertz CT molecular complexity index is 812. The summed E-state index contributed by atoms with van der Waals surface area (Å²) in [6.45, 7) is 6.86. The Morgan fingerprint density at radius 3 is 2.56 bits per heavy atom. The van der Waals surface area contributed by atoms with Crippen LogP contribution >= 0.6 is 11.6 Å². The topological polar surface area (TPSA) is 51.1 Å². The van der Waals surface area contributed by atoms with Crippen LogP contribution in [0.25, 0.3) is 0 Å². The molecule has 0 aliphatic heterocycles. The molecule has 134 valence electrons. The van der Waals surface area contributed by atoms with Gasteiger partial charge >= 0.3 is 0 Å². The number of rotatable bonds is 7. The van der Waals surface area contributed by atoms with Gasteiger partial charge in [0.05, 0.1) is 10.7 Å². The maximum absolute atomic E-state index is 12.8. The first kappa shape index (κ1) is 19.3. The molecule has 0 aliphatic carbocycles. The molecule has 1 aromatic heterocycles. The Labute approximate surface area is 153 Å². The number of hydrogen-bond donors (Lipinski definition) is 1. The van der Waals surface area contributed by atoms with Gasteiger partial charge in [-0.1, -0.05) is 50.4 Å². The number of hydrogen-bond acceptors (Lipinski definition) is 2. The number of para-hydroxylation sites is 1. The summed E-state index contributed by atoms with van der Waals surface area (Å²) in [5.41, 5.74) is 2.15. The van der Waals surface area contributed by atoms with Crippen molar-refractivity contribution in [3.8, 4) is 0 Å². The van der Waals surface area contributed by atoms with E-state index in [1.54, 1.807) is 30.3 Å². The molecule has 25 heavy (non-hydrogen) atoms. The third-order valence-electron chi connectivity index (χ3n) is 4.30. The summed E-state index contributed by atoms with van der Waals surface area (Å²) in [6, 6.07) is 8.56. The van der Waals surface area contributed by atoms with Gasteiger partial charge < -0.3 is 9.88 Å². The first-order chi connectivity index (χ1) is 12.0. The molecule has 1 N–H and O–H groups in total. The number of nitrogens with one attached hydrogen (secondary N) is 1. The fraction of sp³-hybridized carbons (Fsp3) is 0.400. The Hall–Kier alpha value is -2.07. The van der Waals surface area contributed by atoms with E-state index in [2.05, 4.69) is 16.8 Å². The molecule has 2 rings (SSSR count). The Kier molecular flexibility index (Phi) is 6.82. The molecular weight excluding hydrogens is 336 g/mol. The van der Waals surface area contributed by atoms with Gasteiger partial charge in [-0.3, -0.25) is 9.59 Å². The van der Waals surface area contributed by atoms with Gasteiger partial charge in [-0.15, -0.1) is 0 Å². The van der Waals surface area contributed by atoms with Crippen LogP contribution in [-0.2, 0) is 13.0 Å². The van der Waals surface area contributed by atoms with Crippen molar-refractivity contribution in [1.82, 2.24) is 4.57 Å². The first-order valence-electron chi connectivity index (χ1n) is 8.78. The predicted molar refractivity (Wildman–Crippen MR) is 104 cm³/mol.